The zero-order chi connectivity index (χ0) is 19.7. The molecule has 148 valence electrons. The van der Waals surface area contributed by atoms with Crippen LogP contribution in [-0.4, -0.2) is 41.0 Å². The van der Waals surface area contributed by atoms with Crippen LogP contribution in [0.4, 0.5) is 0 Å². The van der Waals surface area contributed by atoms with Gasteiger partial charge in [0.15, 0.2) is 0 Å². The summed E-state index contributed by atoms with van der Waals surface area (Å²) in [4.78, 5) is 7.26. The minimum absolute atomic E-state index is 0.241. The molecule has 1 fully saturated rings. The average Bonchev–Trinajstić information content (AvgIpc) is 3.10. The van der Waals surface area contributed by atoms with Crippen molar-refractivity contribution in [3.05, 3.63) is 52.5 Å². The lowest BCUT2D eigenvalue weighted by molar-refractivity contribution is 0.0751. The van der Waals surface area contributed by atoms with Crippen LogP contribution >= 0.6 is 15.9 Å². The second kappa shape index (κ2) is 7.81. The highest BCUT2D eigenvalue weighted by Gasteiger charge is 2.29. The summed E-state index contributed by atoms with van der Waals surface area (Å²) in [6.45, 7) is 3.49. The molecule has 0 saturated carbocycles. The normalized spacial score (nSPS) is 18.4. The van der Waals surface area contributed by atoms with Crippen molar-refractivity contribution in [2.75, 3.05) is 13.1 Å². The van der Waals surface area contributed by atoms with Crippen LogP contribution in [0.2, 0.25) is 0 Å². The van der Waals surface area contributed by atoms with Crippen LogP contribution in [0.3, 0.4) is 0 Å². The summed E-state index contributed by atoms with van der Waals surface area (Å²) in [6.07, 6.45) is 1.95. The van der Waals surface area contributed by atoms with Gasteiger partial charge in [0.2, 0.25) is 10.0 Å². The fourth-order valence-corrected chi connectivity index (χ4v) is 5.25. The monoisotopic (exact) mass is 464 g/mol. The number of hydrogen-bond acceptors (Lipinski definition) is 5. The van der Waals surface area contributed by atoms with E-state index in [1.807, 2.05) is 24.3 Å². The standard InChI is InChI=1S/C19H21BrN4O3S/c1-14-3-2-10-23(12-14)28(25,26)17-8-9-18-19(11-17)24(22-21-18)27-13-15-4-6-16(20)7-5-15/h4-9,11,14H,2-3,10,12-13H2,1H3/t14-/m0/s1. The first-order valence-corrected chi connectivity index (χ1v) is 11.4. The van der Waals surface area contributed by atoms with Gasteiger partial charge in [-0.3, -0.25) is 0 Å². The number of nitrogens with zero attached hydrogens (tertiary/aromatic N) is 4. The van der Waals surface area contributed by atoms with E-state index in [4.69, 9.17) is 4.84 Å². The molecule has 1 aromatic heterocycles. The van der Waals surface area contributed by atoms with E-state index in [2.05, 4.69) is 33.2 Å². The van der Waals surface area contributed by atoms with Crippen LogP contribution in [0.1, 0.15) is 25.3 Å². The average molecular weight is 465 g/mol. The van der Waals surface area contributed by atoms with Crippen molar-refractivity contribution >= 4 is 37.0 Å². The minimum Gasteiger partial charge on any atom is -0.390 e. The fourth-order valence-electron chi connectivity index (χ4n) is 3.36. The molecule has 0 bridgehead atoms. The maximum atomic E-state index is 13.1. The number of halogens is 1. The molecule has 1 aliphatic heterocycles. The molecular formula is C19H21BrN4O3S. The second-order valence-electron chi connectivity index (χ2n) is 7.12. The van der Waals surface area contributed by atoms with Crippen LogP contribution < -0.4 is 4.84 Å². The zero-order valence-corrected chi connectivity index (χ0v) is 17.9. The van der Waals surface area contributed by atoms with Gasteiger partial charge in [0.1, 0.15) is 17.6 Å². The molecule has 0 spiro atoms. The molecule has 28 heavy (non-hydrogen) atoms. The van der Waals surface area contributed by atoms with Gasteiger partial charge < -0.3 is 4.84 Å². The van der Waals surface area contributed by atoms with Crippen LogP contribution in [-0.2, 0) is 16.6 Å². The molecular weight excluding hydrogens is 444 g/mol. The zero-order valence-electron chi connectivity index (χ0n) is 15.5. The quantitative estimate of drug-likeness (QED) is 0.578. The Morgan fingerprint density at radius 3 is 2.75 bits per heavy atom. The number of aromatic nitrogens is 3. The van der Waals surface area contributed by atoms with E-state index in [1.54, 1.807) is 22.5 Å². The lowest BCUT2D eigenvalue weighted by atomic mass is 10.0. The van der Waals surface area contributed by atoms with Gasteiger partial charge in [0, 0.05) is 17.6 Å². The highest BCUT2D eigenvalue weighted by atomic mass is 79.9. The van der Waals surface area contributed by atoms with Crippen molar-refractivity contribution < 1.29 is 13.3 Å². The summed E-state index contributed by atoms with van der Waals surface area (Å²) in [5.74, 6) is 0.369. The van der Waals surface area contributed by atoms with E-state index >= 15 is 0 Å². The Morgan fingerprint density at radius 1 is 1.21 bits per heavy atom. The predicted octanol–water partition coefficient (Wildman–Crippen LogP) is 3.24. The SMILES string of the molecule is C[C@H]1CCCN(S(=O)(=O)c2ccc3nnn(OCc4ccc(Br)cc4)c3c2)C1. The van der Waals surface area contributed by atoms with Gasteiger partial charge in [0.05, 0.1) is 4.90 Å². The number of sulfonamides is 1. The van der Waals surface area contributed by atoms with E-state index in [9.17, 15) is 8.42 Å². The van der Waals surface area contributed by atoms with Crippen LogP contribution in [0.25, 0.3) is 11.0 Å². The largest absolute Gasteiger partial charge is 0.390 e. The molecule has 0 radical (unpaired) electrons. The van der Waals surface area contributed by atoms with Gasteiger partial charge in [-0.15, -0.1) is 5.10 Å². The Bertz CT molecular complexity index is 1080. The molecule has 1 atom stereocenters. The highest BCUT2D eigenvalue weighted by Crippen LogP contribution is 2.25. The summed E-state index contributed by atoms with van der Waals surface area (Å²) in [5.41, 5.74) is 2.09. The number of fused-ring (bicyclic) bond motifs is 1. The number of piperidine rings is 1. The third kappa shape index (κ3) is 3.92. The third-order valence-electron chi connectivity index (χ3n) is 4.91. The number of benzene rings is 2. The number of hydrogen-bond donors (Lipinski definition) is 0. The van der Waals surface area contributed by atoms with E-state index in [0.717, 1.165) is 22.9 Å². The second-order valence-corrected chi connectivity index (χ2v) is 9.98. The maximum absolute atomic E-state index is 13.1. The van der Waals surface area contributed by atoms with Gasteiger partial charge in [-0.25, -0.2) is 8.42 Å². The molecule has 1 saturated heterocycles. The van der Waals surface area contributed by atoms with Gasteiger partial charge >= 0.3 is 0 Å². The van der Waals surface area contributed by atoms with Gasteiger partial charge in [-0.1, -0.05) is 39.8 Å². The van der Waals surface area contributed by atoms with Gasteiger partial charge in [0.25, 0.3) is 0 Å². The summed E-state index contributed by atoms with van der Waals surface area (Å²) in [6, 6.07) is 12.6. The summed E-state index contributed by atoms with van der Waals surface area (Å²) >= 11 is 3.40. The predicted molar refractivity (Wildman–Crippen MR) is 109 cm³/mol. The Hall–Kier alpha value is -1.97. The lowest BCUT2D eigenvalue weighted by Gasteiger charge is -2.30. The van der Waals surface area contributed by atoms with Crippen molar-refractivity contribution in [3.8, 4) is 0 Å². The Kier molecular flexibility index (Phi) is 5.39. The highest BCUT2D eigenvalue weighted by molar-refractivity contribution is 9.10. The lowest BCUT2D eigenvalue weighted by Crippen LogP contribution is -2.39. The van der Waals surface area contributed by atoms with E-state index < -0.39 is 10.0 Å². The molecule has 9 heteroatoms. The molecule has 0 N–H and O–H groups in total. The van der Waals surface area contributed by atoms with Crippen molar-refractivity contribution in [3.63, 3.8) is 0 Å². The molecule has 7 nitrogen and oxygen atoms in total. The first-order chi connectivity index (χ1) is 13.4. The Balaban J connectivity index is 1.59. The molecule has 2 aromatic carbocycles. The first kappa shape index (κ1) is 19.4. The molecule has 0 amide bonds. The minimum atomic E-state index is -3.55. The molecule has 0 aliphatic carbocycles. The summed E-state index contributed by atoms with van der Waals surface area (Å²) in [5, 5.41) is 8.07. The molecule has 2 heterocycles. The molecule has 4 rings (SSSR count). The van der Waals surface area contributed by atoms with Crippen molar-refractivity contribution in [2.24, 2.45) is 5.92 Å². The van der Waals surface area contributed by atoms with Crippen molar-refractivity contribution in [1.82, 2.24) is 19.5 Å². The smallest absolute Gasteiger partial charge is 0.243 e. The van der Waals surface area contributed by atoms with Gasteiger partial charge in [-0.05, 0) is 59.9 Å². The number of rotatable bonds is 5. The van der Waals surface area contributed by atoms with Crippen LogP contribution in [0, 0.1) is 5.92 Å². The topological polar surface area (TPSA) is 77.3 Å². The first-order valence-electron chi connectivity index (χ1n) is 9.17. The summed E-state index contributed by atoms with van der Waals surface area (Å²) < 4.78 is 28.7. The van der Waals surface area contributed by atoms with E-state index in [0.29, 0.717) is 36.6 Å². The fraction of sp³-hybridized carbons (Fsp3) is 0.368. The maximum Gasteiger partial charge on any atom is 0.243 e. The Labute approximate surface area is 172 Å². The third-order valence-corrected chi connectivity index (χ3v) is 7.30. The van der Waals surface area contributed by atoms with Crippen LogP contribution in [0.15, 0.2) is 51.8 Å². The molecule has 3 aromatic rings. The van der Waals surface area contributed by atoms with Crippen molar-refractivity contribution in [2.45, 2.75) is 31.3 Å². The Morgan fingerprint density at radius 2 is 2.00 bits per heavy atom. The molecule has 0 unspecified atom stereocenters. The van der Waals surface area contributed by atoms with E-state index in [1.165, 1.54) is 4.85 Å². The van der Waals surface area contributed by atoms with Crippen LogP contribution in [0.5, 0.6) is 0 Å². The van der Waals surface area contributed by atoms with E-state index in [-0.39, 0.29) is 4.90 Å². The molecule has 1 aliphatic rings. The summed E-state index contributed by atoms with van der Waals surface area (Å²) in [7, 11) is -3.55. The van der Waals surface area contributed by atoms with Gasteiger partial charge in [-0.2, -0.15) is 4.31 Å². The van der Waals surface area contributed by atoms with Crippen molar-refractivity contribution in [1.29, 1.82) is 0 Å².